The molecule has 1 atom stereocenters. The third-order valence-electron chi connectivity index (χ3n) is 8.37. The maximum absolute atomic E-state index is 14.6. The third kappa shape index (κ3) is 8.72. The van der Waals surface area contributed by atoms with Crippen LogP contribution in [-0.4, -0.2) is 44.6 Å². The first-order valence-corrected chi connectivity index (χ1v) is 15.8. The van der Waals surface area contributed by atoms with E-state index in [-0.39, 0.29) is 11.6 Å². The molecule has 1 N–H and O–H groups in total. The molecule has 4 aromatic rings. The summed E-state index contributed by atoms with van der Waals surface area (Å²) in [6, 6.07) is 30.2. The van der Waals surface area contributed by atoms with Gasteiger partial charge in [0.25, 0.3) is 0 Å². The van der Waals surface area contributed by atoms with E-state index in [1.807, 2.05) is 60.7 Å². The average molecular weight is 609 g/mol. The van der Waals surface area contributed by atoms with Crippen LogP contribution in [0.15, 0.2) is 103 Å². The van der Waals surface area contributed by atoms with Crippen LogP contribution >= 0.6 is 0 Å². The van der Waals surface area contributed by atoms with Crippen LogP contribution in [0.2, 0.25) is 0 Å². The van der Waals surface area contributed by atoms with Gasteiger partial charge in [0.2, 0.25) is 0 Å². The number of methoxy groups -OCH3 is 1. The van der Waals surface area contributed by atoms with E-state index in [1.54, 1.807) is 36.4 Å². The highest BCUT2D eigenvalue weighted by Gasteiger charge is 2.23. The Hall–Kier alpha value is -4.65. The molecule has 234 valence electrons. The number of halogens is 1. The van der Waals surface area contributed by atoms with Crippen molar-refractivity contribution in [1.82, 2.24) is 0 Å². The molecule has 0 aliphatic heterocycles. The number of esters is 1. The monoisotopic (exact) mass is 608 g/mol. The number of carbonyl (C=O) groups is 2. The first kappa shape index (κ1) is 31.8. The molecule has 1 aliphatic carbocycles. The number of para-hydroxylation sites is 2. The number of ether oxygens (including phenoxy) is 2. The van der Waals surface area contributed by atoms with E-state index in [9.17, 15) is 14.0 Å². The van der Waals surface area contributed by atoms with Gasteiger partial charge in [0.1, 0.15) is 17.6 Å². The third-order valence-corrected chi connectivity index (χ3v) is 8.37. The molecule has 1 fully saturated rings. The second kappa shape index (κ2) is 15.9. The number of rotatable bonds is 15. The average Bonchev–Trinajstić information content (AvgIpc) is 3.60. The van der Waals surface area contributed by atoms with Crippen molar-refractivity contribution in [3.63, 3.8) is 0 Å². The maximum Gasteiger partial charge on any atom is 0.328 e. The summed E-state index contributed by atoms with van der Waals surface area (Å²) in [5.41, 5.74) is 3.21. The van der Waals surface area contributed by atoms with Crippen molar-refractivity contribution in [2.75, 3.05) is 37.0 Å². The Balaban J connectivity index is 1.18. The highest BCUT2D eigenvalue weighted by atomic mass is 19.1. The van der Waals surface area contributed by atoms with Gasteiger partial charge in [-0.05, 0) is 67.1 Å². The summed E-state index contributed by atoms with van der Waals surface area (Å²) < 4.78 is 25.7. The van der Waals surface area contributed by atoms with Gasteiger partial charge in [-0.2, -0.15) is 0 Å². The molecular weight excluding hydrogens is 567 g/mol. The topological polar surface area (TPSA) is 67.9 Å². The highest BCUT2D eigenvalue weighted by Crippen LogP contribution is 2.29. The lowest BCUT2D eigenvalue weighted by molar-refractivity contribution is -0.141. The zero-order valence-corrected chi connectivity index (χ0v) is 25.8. The Labute approximate surface area is 265 Å². The van der Waals surface area contributed by atoms with Gasteiger partial charge in [-0.1, -0.05) is 79.6 Å². The predicted molar refractivity (Wildman–Crippen MR) is 177 cm³/mol. The molecule has 1 saturated carbocycles. The lowest BCUT2D eigenvalue weighted by Gasteiger charge is -2.28. The molecule has 0 radical (unpaired) electrons. The van der Waals surface area contributed by atoms with Crippen LogP contribution in [0.3, 0.4) is 0 Å². The van der Waals surface area contributed by atoms with Crippen LogP contribution in [0, 0.1) is 11.7 Å². The number of ketones is 1. The van der Waals surface area contributed by atoms with Crippen LogP contribution in [0.1, 0.15) is 53.6 Å². The van der Waals surface area contributed by atoms with Gasteiger partial charge < -0.3 is 19.7 Å². The quantitative estimate of drug-likeness (QED) is 0.0847. The Bertz CT molecular complexity index is 1540. The molecule has 1 aliphatic rings. The summed E-state index contributed by atoms with van der Waals surface area (Å²) in [4.78, 5) is 28.2. The summed E-state index contributed by atoms with van der Waals surface area (Å²) in [6.07, 6.45) is 6.05. The van der Waals surface area contributed by atoms with Crippen molar-refractivity contribution in [3.8, 4) is 5.75 Å². The Morgan fingerprint density at radius 3 is 2.31 bits per heavy atom. The summed E-state index contributed by atoms with van der Waals surface area (Å²) in [5.74, 6) is 0.610. The van der Waals surface area contributed by atoms with Crippen molar-refractivity contribution in [2.24, 2.45) is 5.92 Å². The molecule has 0 saturated heterocycles. The number of nitrogens with zero attached hydrogens (tertiary/aromatic N) is 1. The minimum atomic E-state index is -0.698. The van der Waals surface area contributed by atoms with Crippen molar-refractivity contribution < 1.29 is 23.5 Å². The molecule has 6 nitrogen and oxygen atoms in total. The smallest absolute Gasteiger partial charge is 0.328 e. The molecule has 0 spiro atoms. The molecular formula is C38H41FN2O4. The second-order valence-electron chi connectivity index (χ2n) is 11.6. The fourth-order valence-corrected chi connectivity index (χ4v) is 6.00. The summed E-state index contributed by atoms with van der Waals surface area (Å²) >= 11 is 0. The molecule has 7 heteroatoms. The second-order valence-corrected chi connectivity index (χ2v) is 11.6. The van der Waals surface area contributed by atoms with E-state index in [1.165, 1.54) is 38.9 Å². The number of carbonyl (C=O) groups excluding carboxylic acids is 2. The predicted octanol–water partition coefficient (Wildman–Crippen LogP) is 7.72. The lowest BCUT2D eigenvalue weighted by Crippen LogP contribution is -2.33. The van der Waals surface area contributed by atoms with Crippen LogP contribution in [0.4, 0.5) is 15.8 Å². The van der Waals surface area contributed by atoms with Gasteiger partial charge in [0.05, 0.1) is 19.4 Å². The Morgan fingerprint density at radius 2 is 1.58 bits per heavy atom. The largest absolute Gasteiger partial charge is 0.494 e. The van der Waals surface area contributed by atoms with Crippen LogP contribution in [0.5, 0.6) is 5.75 Å². The van der Waals surface area contributed by atoms with Gasteiger partial charge in [-0.15, -0.1) is 0 Å². The van der Waals surface area contributed by atoms with Crippen LogP contribution in [-0.2, 0) is 16.0 Å². The zero-order chi connectivity index (χ0) is 31.4. The van der Waals surface area contributed by atoms with Crippen LogP contribution < -0.4 is 15.0 Å². The molecule has 4 aromatic carbocycles. The molecule has 0 bridgehead atoms. The fraction of sp³-hybridized carbons (Fsp3) is 0.316. The van der Waals surface area contributed by atoms with Crippen LogP contribution in [0.25, 0.3) is 0 Å². The number of hydrogen-bond acceptors (Lipinski definition) is 6. The van der Waals surface area contributed by atoms with Gasteiger partial charge in [-0.3, -0.25) is 4.79 Å². The number of benzene rings is 4. The van der Waals surface area contributed by atoms with Crippen molar-refractivity contribution in [1.29, 1.82) is 0 Å². The van der Waals surface area contributed by atoms with Crippen molar-refractivity contribution in [2.45, 2.75) is 44.6 Å². The number of nitrogens with one attached hydrogen (secondary N) is 1. The minimum Gasteiger partial charge on any atom is -0.494 e. The van der Waals surface area contributed by atoms with E-state index in [0.717, 1.165) is 30.8 Å². The van der Waals surface area contributed by atoms with Gasteiger partial charge in [0.15, 0.2) is 5.78 Å². The van der Waals surface area contributed by atoms with Gasteiger partial charge >= 0.3 is 5.97 Å². The molecule has 45 heavy (non-hydrogen) atoms. The molecule has 5 rings (SSSR count). The molecule has 0 heterocycles. The SMILES string of the molecule is COC(=O)C(Cc1ccc(OCCCN(CC2CCCC2)c2ccccc2F)cc1)Nc1ccccc1C(=O)c1ccccc1. The van der Waals surface area contributed by atoms with Gasteiger partial charge in [-0.25, -0.2) is 9.18 Å². The summed E-state index contributed by atoms with van der Waals surface area (Å²) in [7, 11) is 1.36. The van der Waals surface area contributed by atoms with E-state index in [4.69, 9.17) is 9.47 Å². The maximum atomic E-state index is 14.6. The summed E-state index contributed by atoms with van der Waals surface area (Å²) in [6.45, 7) is 2.10. The van der Waals surface area contributed by atoms with E-state index in [2.05, 4.69) is 10.2 Å². The Kier molecular flexibility index (Phi) is 11.2. The first-order chi connectivity index (χ1) is 22.0. The standard InChI is InChI=1S/C38H41FN2O4/c1-44-38(43)35(40-34-18-9-7-16-32(34)37(42)30-14-3-2-4-15-30)26-28-20-22-31(23-21-28)45-25-11-24-41(27-29-12-5-6-13-29)36-19-10-8-17-33(36)39/h2-4,7-10,14-23,29,35,40H,5-6,11-13,24-27H2,1H3. The first-order valence-electron chi connectivity index (χ1n) is 15.8. The highest BCUT2D eigenvalue weighted by molar-refractivity contribution is 6.12. The molecule has 0 aromatic heterocycles. The zero-order valence-electron chi connectivity index (χ0n) is 25.8. The minimum absolute atomic E-state index is 0.126. The molecule has 0 amide bonds. The van der Waals surface area contributed by atoms with Crippen molar-refractivity contribution in [3.05, 3.63) is 126 Å². The fourth-order valence-electron chi connectivity index (χ4n) is 6.00. The van der Waals surface area contributed by atoms with E-state index in [0.29, 0.717) is 41.4 Å². The van der Waals surface area contributed by atoms with E-state index >= 15 is 0 Å². The van der Waals surface area contributed by atoms with E-state index < -0.39 is 12.0 Å². The Morgan fingerprint density at radius 1 is 0.889 bits per heavy atom. The van der Waals surface area contributed by atoms with Crippen molar-refractivity contribution >= 4 is 23.1 Å². The lowest BCUT2D eigenvalue weighted by atomic mass is 10.00. The summed E-state index contributed by atoms with van der Waals surface area (Å²) in [5, 5.41) is 3.25. The number of hydrogen-bond donors (Lipinski definition) is 1. The normalized spacial score (nSPS) is 13.6. The van der Waals surface area contributed by atoms with Gasteiger partial charge in [0, 0.05) is 36.3 Å². The number of anilines is 2. The molecule has 1 unspecified atom stereocenters.